The van der Waals surface area contributed by atoms with Crippen LogP contribution in [-0.4, -0.2) is 23.2 Å². The van der Waals surface area contributed by atoms with Gasteiger partial charge in [-0.2, -0.15) is 0 Å². The highest BCUT2D eigenvalue weighted by Gasteiger charge is 2.26. The molecule has 2 unspecified atom stereocenters. The lowest BCUT2D eigenvalue weighted by atomic mass is 9.93. The highest BCUT2D eigenvalue weighted by Crippen LogP contribution is 2.19. The first-order chi connectivity index (χ1) is 8.37. The number of benzene rings is 1. The standard InChI is InChI=1S/C14H22N2O2/c1-10(13(18)16-14(2,3)9-17)12(15)11-7-5-4-6-8-11/h4-8,10,12,17H,9,15H2,1-3H3,(H,16,18). The van der Waals surface area contributed by atoms with E-state index < -0.39 is 5.54 Å². The lowest BCUT2D eigenvalue weighted by Gasteiger charge is -2.27. The summed E-state index contributed by atoms with van der Waals surface area (Å²) >= 11 is 0. The molecule has 1 aromatic carbocycles. The van der Waals surface area contributed by atoms with Crippen LogP contribution in [0.1, 0.15) is 32.4 Å². The molecule has 1 rings (SSSR count). The van der Waals surface area contributed by atoms with E-state index in [0.29, 0.717) is 0 Å². The number of nitrogens with two attached hydrogens (primary N) is 1. The molecule has 0 aromatic heterocycles. The molecule has 4 heteroatoms. The minimum Gasteiger partial charge on any atom is -0.394 e. The molecule has 0 heterocycles. The zero-order chi connectivity index (χ0) is 13.8. The van der Waals surface area contributed by atoms with Crippen LogP contribution in [0.15, 0.2) is 30.3 Å². The van der Waals surface area contributed by atoms with E-state index in [1.807, 2.05) is 30.3 Å². The Balaban J connectivity index is 2.70. The molecular formula is C14H22N2O2. The van der Waals surface area contributed by atoms with E-state index in [1.54, 1.807) is 20.8 Å². The van der Waals surface area contributed by atoms with Gasteiger partial charge in [-0.05, 0) is 19.4 Å². The number of aliphatic hydroxyl groups is 1. The highest BCUT2D eigenvalue weighted by atomic mass is 16.3. The van der Waals surface area contributed by atoms with Crippen molar-refractivity contribution >= 4 is 5.91 Å². The van der Waals surface area contributed by atoms with Crippen LogP contribution in [0.2, 0.25) is 0 Å². The van der Waals surface area contributed by atoms with Gasteiger partial charge in [0.25, 0.3) is 0 Å². The summed E-state index contributed by atoms with van der Waals surface area (Å²) in [6.45, 7) is 5.23. The van der Waals surface area contributed by atoms with Crippen molar-refractivity contribution in [1.29, 1.82) is 0 Å². The molecular weight excluding hydrogens is 228 g/mol. The van der Waals surface area contributed by atoms with Gasteiger partial charge in [0, 0.05) is 6.04 Å². The van der Waals surface area contributed by atoms with Crippen LogP contribution in [0.3, 0.4) is 0 Å². The summed E-state index contributed by atoms with van der Waals surface area (Å²) in [6, 6.07) is 9.18. The molecule has 0 aliphatic carbocycles. The maximum atomic E-state index is 12.0. The summed E-state index contributed by atoms with van der Waals surface area (Å²) in [7, 11) is 0. The molecule has 0 aliphatic heterocycles. The van der Waals surface area contributed by atoms with Gasteiger partial charge in [-0.25, -0.2) is 0 Å². The van der Waals surface area contributed by atoms with Gasteiger partial charge in [0.15, 0.2) is 0 Å². The van der Waals surface area contributed by atoms with E-state index in [-0.39, 0.29) is 24.5 Å². The topological polar surface area (TPSA) is 75.3 Å². The van der Waals surface area contributed by atoms with Crippen molar-refractivity contribution in [2.24, 2.45) is 11.7 Å². The molecule has 0 saturated heterocycles. The third-order valence-electron chi connectivity index (χ3n) is 2.99. The van der Waals surface area contributed by atoms with Crippen molar-refractivity contribution in [2.75, 3.05) is 6.61 Å². The fourth-order valence-electron chi connectivity index (χ4n) is 1.61. The normalized spacial score (nSPS) is 14.9. The van der Waals surface area contributed by atoms with Crippen molar-refractivity contribution < 1.29 is 9.90 Å². The summed E-state index contributed by atoms with van der Waals surface area (Å²) in [5.74, 6) is -0.497. The van der Waals surface area contributed by atoms with Gasteiger partial charge in [-0.3, -0.25) is 4.79 Å². The Morgan fingerprint density at radius 2 is 1.94 bits per heavy atom. The van der Waals surface area contributed by atoms with Gasteiger partial charge in [-0.1, -0.05) is 37.3 Å². The van der Waals surface area contributed by atoms with Crippen LogP contribution in [0, 0.1) is 5.92 Å². The third-order valence-corrected chi connectivity index (χ3v) is 2.99. The van der Waals surface area contributed by atoms with Crippen molar-refractivity contribution in [1.82, 2.24) is 5.32 Å². The number of nitrogens with one attached hydrogen (secondary N) is 1. The Labute approximate surface area is 108 Å². The number of aliphatic hydroxyl groups excluding tert-OH is 1. The van der Waals surface area contributed by atoms with Gasteiger partial charge in [0.05, 0.1) is 18.1 Å². The molecule has 0 fully saturated rings. The maximum absolute atomic E-state index is 12.0. The second-order valence-electron chi connectivity index (χ2n) is 5.26. The Kier molecular flexibility index (Phi) is 4.87. The Morgan fingerprint density at radius 3 is 2.44 bits per heavy atom. The van der Waals surface area contributed by atoms with E-state index in [0.717, 1.165) is 5.56 Å². The van der Waals surface area contributed by atoms with E-state index >= 15 is 0 Å². The molecule has 0 bridgehead atoms. The molecule has 0 aliphatic rings. The highest BCUT2D eigenvalue weighted by molar-refractivity contribution is 5.80. The summed E-state index contributed by atoms with van der Waals surface area (Å²) in [5, 5.41) is 11.9. The van der Waals surface area contributed by atoms with Gasteiger partial charge in [0.1, 0.15) is 0 Å². The van der Waals surface area contributed by atoms with E-state index in [4.69, 9.17) is 10.8 Å². The maximum Gasteiger partial charge on any atom is 0.225 e. The van der Waals surface area contributed by atoms with Crippen LogP contribution >= 0.6 is 0 Å². The quantitative estimate of drug-likeness (QED) is 0.735. The molecule has 4 N–H and O–H groups in total. The minimum absolute atomic E-state index is 0.105. The summed E-state index contributed by atoms with van der Waals surface area (Å²) in [5.41, 5.74) is 6.39. The average molecular weight is 250 g/mol. The SMILES string of the molecule is CC(C(=O)NC(C)(C)CO)C(N)c1ccccc1. The number of rotatable bonds is 5. The smallest absolute Gasteiger partial charge is 0.225 e. The molecule has 1 amide bonds. The first-order valence-electron chi connectivity index (χ1n) is 6.11. The second-order valence-corrected chi connectivity index (χ2v) is 5.26. The summed E-state index contributed by atoms with van der Waals surface area (Å²) in [4.78, 5) is 12.0. The molecule has 1 aromatic rings. The number of amides is 1. The number of hydrogen-bond donors (Lipinski definition) is 3. The predicted molar refractivity (Wildman–Crippen MR) is 71.8 cm³/mol. The zero-order valence-electron chi connectivity index (χ0n) is 11.2. The molecule has 100 valence electrons. The van der Waals surface area contributed by atoms with Crippen molar-refractivity contribution in [3.8, 4) is 0 Å². The fourth-order valence-corrected chi connectivity index (χ4v) is 1.61. The Morgan fingerprint density at radius 1 is 1.39 bits per heavy atom. The molecule has 0 saturated carbocycles. The largest absolute Gasteiger partial charge is 0.394 e. The first-order valence-corrected chi connectivity index (χ1v) is 6.11. The van der Waals surface area contributed by atoms with Gasteiger partial charge in [0.2, 0.25) is 5.91 Å². The molecule has 18 heavy (non-hydrogen) atoms. The van der Waals surface area contributed by atoms with Crippen LogP contribution in [-0.2, 0) is 4.79 Å². The zero-order valence-corrected chi connectivity index (χ0v) is 11.2. The van der Waals surface area contributed by atoms with Gasteiger partial charge >= 0.3 is 0 Å². The second kappa shape index (κ2) is 5.98. The molecule has 4 nitrogen and oxygen atoms in total. The van der Waals surface area contributed by atoms with Crippen LogP contribution in [0.4, 0.5) is 0 Å². The predicted octanol–water partition coefficient (Wildman–Crippen LogP) is 1.21. The molecule has 2 atom stereocenters. The number of carbonyl (C=O) groups is 1. The van der Waals surface area contributed by atoms with E-state index in [9.17, 15) is 4.79 Å². The lowest BCUT2D eigenvalue weighted by Crippen LogP contribution is -2.49. The Bertz CT molecular complexity index is 390. The van der Waals surface area contributed by atoms with Crippen molar-refractivity contribution in [3.05, 3.63) is 35.9 Å². The average Bonchev–Trinajstić information content (AvgIpc) is 2.37. The van der Waals surface area contributed by atoms with Gasteiger partial charge < -0.3 is 16.2 Å². The van der Waals surface area contributed by atoms with Crippen LogP contribution in [0.5, 0.6) is 0 Å². The molecule has 0 radical (unpaired) electrons. The number of hydrogen-bond acceptors (Lipinski definition) is 3. The monoisotopic (exact) mass is 250 g/mol. The third kappa shape index (κ3) is 3.82. The summed E-state index contributed by atoms with van der Waals surface area (Å²) < 4.78 is 0. The number of carbonyl (C=O) groups excluding carboxylic acids is 1. The lowest BCUT2D eigenvalue weighted by molar-refractivity contribution is -0.127. The van der Waals surface area contributed by atoms with Crippen molar-refractivity contribution in [3.63, 3.8) is 0 Å². The fraction of sp³-hybridized carbons (Fsp3) is 0.500. The summed E-state index contributed by atoms with van der Waals surface area (Å²) in [6.07, 6.45) is 0. The van der Waals surface area contributed by atoms with Crippen LogP contribution < -0.4 is 11.1 Å². The Hall–Kier alpha value is -1.39. The minimum atomic E-state index is -0.623. The van der Waals surface area contributed by atoms with Crippen molar-refractivity contribution in [2.45, 2.75) is 32.4 Å². The van der Waals surface area contributed by atoms with E-state index in [2.05, 4.69) is 5.32 Å². The molecule has 0 spiro atoms. The first kappa shape index (κ1) is 14.7. The van der Waals surface area contributed by atoms with Gasteiger partial charge in [-0.15, -0.1) is 0 Å². The van der Waals surface area contributed by atoms with E-state index in [1.165, 1.54) is 0 Å². The van der Waals surface area contributed by atoms with Crippen LogP contribution in [0.25, 0.3) is 0 Å².